The van der Waals surface area contributed by atoms with Crippen molar-refractivity contribution in [1.82, 2.24) is 59.8 Å². The number of ether oxygens (including phenoxy) is 11. The maximum atomic E-state index is 17.0. The first-order valence-corrected chi connectivity index (χ1v) is 43.9. The van der Waals surface area contributed by atoms with Gasteiger partial charge in [0.15, 0.2) is 47.1 Å². The van der Waals surface area contributed by atoms with Gasteiger partial charge >= 0.3 is 19.6 Å². The number of hydrogen-bond acceptors (Lipinski definition) is 31. The van der Waals surface area contributed by atoms with Crippen molar-refractivity contribution in [3.63, 3.8) is 0 Å². The molecule has 8 amide bonds. The number of amides is 8. The molecule has 121 heavy (non-hydrogen) atoms. The number of carbonyl (C=O) groups is 8. The number of rotatable bonds is 45. The number of alkyl halides is 1. The number of thiol groups is 1. The van der Waals surface area contributed by atoms with E-state index in [-0.39, 0.29) is 80.6 Å². The molecule has 10 rings (SSSR count). The van der Waals surface area contributed by atoms with E-state index < -0.39 is 164 Å². The lowest BCUT2D eigenvalue weighted by Crippen LogP contribution is -2.57. The average molecular weight is 1780 g/mol. The van der Waals surface area contributed by atoms with E-state index in [1.165, 1.54) is 37.1 Å². The summed E-state index contributed by atoms with van der Waals surface area (Å²) in [4.78, 5) is 152. The molecule has 3 fully saturated rings. The van der Waals surface area contributed by atoms with Crippen LogP contribution < -0.4 is 32.1 Å². The molecule has 4 aliphatic heterocycles. The van der Waals surface area contributed by atoms with Gasteiger partial charge in [-0.05, 0) is 73.2 Å². The molecule has 2 unspecified atom stereocenters. The van der Waals surface area contributed by atoms with Gasteiger partial charge in [-0.25, -0.2) is 38.1 Å². The Morgan fingerprint density at radius 2 is 1.34 bits per heavy atom. The van der Waals surface area contributed by atoms with Crippen LogP contribution in [0.5, 0.6) is 0 Å². The molecule has 6 aromatic rings. The zero-order chi connectivity index (χ0) is 86.8. The van der Waals surface area contributed by atoms with E-state index in [9.17, 15) is 57.7 Å². The first-order valence-electron chi connectivity index (χ1n) is 38.6. The molecule has 0 radical (unpaired) electrons. The normalized spacial score (nSPS) is 22.5. The van der Waals surface area contributed by atoms with Gasteiger partial charge in [0, 0.05) is 63.3 Å². The van der Waals surface area contributed by atoms with E-state index in [1.807, 2.05) is 0 Å². The van der Waals surface area contributed by atoms with Crippen molar-refractivity contribution < 1.29 is 132 Å². The van der Waals surface area contributed by atoms with Crippen LogP contribution in [0.4, 0.5) is 25.1 Å². The number of aromatic nitrogens is 7. The SMILES string of the molecule is COCCOCCOCCOCCOCCOCCOCCOCCC(=O)N[C@@H](CCCCN1C(=O)C=CC1=O)C(=O)N[C@H](C(=O)N[C@@H](C)C(=O)Nc1ccc(COC(=O)N(C)Cc2ccccc2C(=O)Nc2ncnc3c2ncn3[C@@H]2O[C@@H]3COP(=O)(S)O[C@@H]4[C@H](O)[C@@H](COP(O)(=S)O[C@H]3[C@H]2F)O[C@H]4n2cc(F)c3c(=O)[nH]cnc32)cc1)C(C)C. The Labute approximate surface area is 702 Å². The predicted octanol–water partition coefficient (Wildman–Crippen LogP) is 3.61. The predicted molar refractivity (Wildman–Crippen MR) is 428 cm³/mol. The molecule has 3 saturated heterocycles. The maximum absolute atomic E-state index is 17.0. The quantitative estimate of drug-likeness (QED) is 0.0114. The Kier molecular flexibility index (Phi) is 36.1. The fourth-order valence-electron chi connectivity index (χ4n) is 12.7. The van der Waals surface area contributed by atoms with Crippen molar-refractivity contribution in [2.75, 3.05) is 144 Å². The maximum Gasteiger partial charge on any atom is 0.410 e. The second kappa shape index (κ2) is 46.2. The van der Waals surface area contributed by atoms with Crippen LogP contribution in [0.2, 0.25) is 0 Å². The molecule has 0 spiro atoms. The Morgan fingerprint density at radius 3 is 1.98 bits per heavy atom. The Hall–Kier alpha value is -8.64. The number of H-pyrrole nitrogens is 1. The van der Waals surface area contributed by atoms with Crippen molar-refractivity contribution in [2.45, 2.75) is 127 Å². The van der Waals surface area contributed by atoms with Crippen LogP contribution in [0.1, 0.15) is 80.4 Å². The molecule has 41 nitrogen and oxygen atoms in total. The summed E-state index contributed by atoms with van der Waals surface area (Å²) in [5, 5.41) is 24.4. The van der Waals surface area contributed by atoms with Gasteiger partial charge < -0.3 is 108 Å². The third-order valence-corrected chi connectivity index (χ3v) is 22.2. The zero-order valence-electron chi connectivity index (χ0n) is 66.7. The highest BCUT2D eigenvalue weighted by Crippen LogP contribution is 2.59. The number of benzene rings is 2. The molecule has 2 aromatic carbocycles. The second-order valence-electron chi connectivity index (χ2n) is 28.1. The first-order chi connectivity index (χ1) is 58.1. The standard InChI is InChI=1S/C74H98F2N14O27P2S2/c1-44(2)59(85-69(97)51(12-8-9-20-88-55(92)17-18-56(88)93)84-54(91)19-21-104-24-25-106-28-29-108-32-33-110-35-34-109-31-30-107-27-26-105-23-22-103-5)71(99)82-45(3)67(95)83-48-15-13-46(14-16-48)38-111-74(100)87(4)36-47-10-6-7-11-49(47)68(96)86-64-60-66(79-41-77-64)90(43-81-60)72-58(76)62-53(115-72)40-113-119(102,121)117-63-61(94)52(39-112-118(101,120)116-62)114-73(63)89-37-50(75)57-65(89)78-42-80-70(57)98/h6-7,10-11,13-18,37,41-45,51-53,58-59,61-63,72-73,94H,8-9,12,19-36,38-40H2,1-5H3,(H,82,99)(H,83,95)(H,84,91)(H,85,97)(H,101,120)(H,102,121)(H,78,80,98)(H,77,79,86,96)/t45-,51-,52+,53+,58+,59-,61+,62+,63+,72+,73+,118?,119?/m0/s1. The van der Waals surface area contributed by atoms with Crippen LogP contribution in [-0.2, 0) is 128 Å². The number of nitrogens with zero attached hydrogens (tertiary/aromatic N) is 8. The van der Waals surface area contributed by atoms with Crippen LogP contribution in [-0.4, -0.2) is 289 Å². The van der Waals surface area contributed by atoms with E-state index in [1.54, 1.807) is 63.4 Å². The van der Waals surface area contributed by atoms with Crippen molar-refractivity contribution in [1.29, 1.82) is 0 Å². The second-order valence-corrected chi connectivity index (χ2v) is 33.7. The van der Waals surface area contributed by atoms with Crippen LogP contribution in [0.3, 0.4) is 0 Å². The molecular weight excluding hydrogens is 1680 g/mol. The van der Waals surface area contributed by atoms with Gasteiger partial charge in [0.2, 0.25) is 23.6 Å². The first kappa shape index (κ1) is 94.6. The highest BCUT2D eigenvalue weighted by atomic mass is 32.7. The third kappa shape index (κ3) is 27.2. The lowest BCUT2D eigenvalue weighted by atomic mass is 10.0. The number of imide groups is 1. The number of halogens is 2. The van der Waals surface area contributed by atoms with E-state index in [0.717, 1.165) is 39.2 Å². The van der Waals surface area contributed by atoms with Crippen molar-refractivity contribution in [2.24, 2.45) is 5.92 Å². The van der Waals surface area contributed by atoms with Crippen LogP contribution in [0.25, 0.3) is 22.2 Å². The fourth-order valence-corrected chi connectivity index (χ4v) is 15.6. The van der Waals surface area contributed by atoms with Gasteiger partial charge in [-0.15, -0.1) is 0 Å². The van der Waals surface area contributed by atoms with Crippen LogP contribution in [0, 0.1) is 11.7 Å². The summed E-state index contributed by atoms with van der Waals surface area (Å²) in [6.45, 7) is -0.705. The summed E-state index contributed by atoms with van der Waals surface area (Å²) in [6, 6.07) is 9.16. The minimum atomic E-state index is -4.66. The largest absolute Gasteiger partial charge is 0.445 e. The number of nitrogens with one attached hydrogen (secondary N) is 6. The molecule has 4 aromatic heterocycles. The van der Waals surface area contributed by atoms with Gasteiger partial charge in [-0.3, -0.25) is 61.4 Å². The summed E-state index contributed by atoms with van der Waals surface area (Å²) < 4.78 is 132. The van der Waals surface area contributed by atoms with E-state index in [2.05, 4.69) is 63.8 Å². The molecule has 662 valence electrons. The topological polar surface area (TPSA) is 493 Å². The monoisotopic (exact) mass is 1780 g/mol. The molecule has 8 heterocycles. The van der Waals surface area contributed by atoms with E-state index in [4.69, 9.17) is 82.0 Å². The van der Waals surface area contributed by atoms with Crippen molar-refractivity contribution in [3.05, 3.63) is 119 Å². The van der Waals surface area contributed by atoms with Gasteiger partial charge in [-0.2, -0.15) is 0 Å². The highest BCUT2D eigenvalue weighted by Gasteiger charge is 2.54. The van der Waals surface area contributed by atoms with E-state index >= 15 is 8.78 Å². The number of fused-ring (bicyclic) bond motifs is 5. The number of methoxy groups -OCH3 is 1. The van der Waals surface area contributed by atoms with Crippen molar-refractivity contribution >= 4 is 119 Å². The van der Waals surface area contributed by atoms with Gasteiger partial charge in [0.05, 0.1) is 125 Å². The molecular formula is C74H98F2N14O27P2S2. The lowest BCUT2D eigenvalue weighted by Gasteiger charge is -2.27. The number of aromatic amines is 1. The summed E-state index contributed by atoms with van der Waals surface area (Å²) in [5.41, 5.74) is 0.0804. The van der Waals surface area contributed by atoms with Crippen LogP contribution >= 0.6 is 25.8 Å². The summed E-state index contributed by atoms with van der Waals surface area (Å²) in [5.74, 6) is -5.82. The number of imidazole rings is 1. The molecule has 13 atom stereocenters. The highest BCUT2D eigenvalue weighted by molar-refractivity contribution is 8.44. The summed E-state index contributed by atoms with van der Waals surface area (Å²) in [6.07, 6.45) is -7.67. The Morgan fingerprint density at radius 1 is 0.719 bits per heavy atom. The fraction of sp³-hybridized carbons (Fsp3) is 0.554. The number of aliphatic hydroxyl groups excluding tert-OH is 1. The summed E-state index contributed by atoms with van der Waals surface area (Å²) >= 11 is 9.39. The third-order valence-electron chi connectivity index (χ3n) is 19.0. The van der Waals surface area contributed by atoms with Gasteiger partial charge in [0.1, 0.15) is 67.0 Å². The van der Waals surface area contributed by atoms with Gasteiger partial charge in [0.25, 0.3) is 23.3 Å². The summed E-state index contributed by atoms with van der Waals surface area (Å²) in [7, 11) is 3.06. The number of hydrogen-bond donors (Lipinski definition) is 9. The zero-order valence-corrected chi connectivity index (χ0v) is 70.2. The van der Waals surface area contributed by atoms with Crippen molar-refractivity contribution in [3.8, 4) is 0 Å². The smallest absolute Gasteiger partial charge is 0.410 e. The molecule has 4 aliphatic rings. The average Bonchev–Trinajstić information content (AvgIpc) is 1.60. The molecule has 2 bridgehead atoms. The number of aliphatic hydroxyl groups is 1. The molecule has 8 N–H and O–H groups in total. The van der Waals surface area contributed by atoms with Crippen LogP contribution in [0.15, 0.2) is 90.7 Å². The Bertz CT molecular complexity index is 4690. The number of carbonyl (C=O) groups excluding carboxylic acids is 8. The van der Waals surface area contributed by atoms with E-state index in [0.29, 0.717) is 109 Å². The molecule has 0 aliphatic carbocycles. The minimum absolute atomic E-state index is 0.00253. The minimum Gasteiger partial charge on any atom is -0.445 e. The number of unbranched alkanes of at least 4 members (excludes halogenated alkanes) is 1. The molecule has 47 heteroatoms. The molecule has 0 saturated carbocycles. The van der Waals surface area contributed by atoms with Gasteiger partial charge in [-0.1, -0.05) is 56.4 Å². The Balaban J connectivity index is 0.649. The lowest BCUT2D eigenvalue weighted by molar-refractivity contribution is -0.137. The number of anilines is 2.